The summed E-state index contributed by atoms with van der Waals surface area (Å²) < 4.78 is 25.7. The van der Waals surface area contributed by atoms with Crippen LogP contribution in [0.5, 0.6) is 0 Å². The molecular weight excluding hydrogens is 246 g/mol. The third-order valence-corrected chi connectivity index (χ3v) is 5.05. The number of halogens is 1. The van der Waals surface area contributed by atoms with E-state index < -0.39 is 10.0 Å². The summed E-state index contributed by atoms with van der Waals surface area (Å²) in [6.45, 7) is 0. The lowest BCUT2D eigenvalue weighted by atomic mass is 10.2. The van der Waals surface area contributed by atoms with E-state index in [1.807, 2.05) is 0 Å². The van der Waals surface area contributed by atoms with Crippen LogP contribution in [0.1, 0.15) is 18.4 Å². The highest BCUT2D eigenvalue weighted by Gasteiger charge is 2.34. The van der Waals surface area contributed by atoms with Crippen molar-refractivity contribution in [1.29, 1.82) is 0 Å². The molecule has 88 valence electrons. The van der Waals surface area contributed by atoms with E-state index in [9.17, 15) is 8.42 Å². The molecule has 0 aliphatic heterocycles. The molecule has 2 rings (SSSR count). The Balaban J connectivity index is 2.27. The first-order valence-corrected chi connectivity index (χ1v) is 7.16. The molecule has 1 aliphatic rings. The lowest BCUT2D eigenvalue weighted by molar-refractivity contribution is 0.464. The van der Waals surface area contributed by atoms with Crippen LogP contribution in [0, 0.1) is 0 Å². The zero-order chi connectivity index (χ0) is 11.8. The van der Waals surface area contributed by atoms with E-state index in [4.69, 9.17) is 11.6 Å². The molecule has 0 radical (unpaired) electrons. The van der Waals surface area contributed by atoms with Crippen LogP contribution in [0.25, 0.3) is 0 Å². The Hall–Kier alpha value is -0.580. The molecular formula is C11H14ClNO2S. The summed E-state index contributed by atoms with van der Waals surface area (Å²) in [6, 6.07) is 6.93. The van der Waals surface area contributed by atoms with E-state index in [1.54, 1.807) is 31.3 Å². The predicted molar refractivity (Wildman–Crippen MR) is 64.0 cm³/mol. The van der Waals surface area contributed by atoms with Gasteiger partial charge in [-0.1, -0.05) is 12.1 Å². The largest absolute Gasteiger partial charge is 0.243 e. The van der Waals surface area contributed by atoms with Gasteiger partial charge in [0.15, 0.2) is 0 Å². The fourth-order valence-electron chi connectivity index (χ4n) is 1.55. The van der Waals surface area contributed by atoms with Crippen LogP contribution in [-0.4, -0.2) is 25.8 Å². The Kier molecular flexibility index (Phi) is 3.24. The molecule has 1 aliphatic carbocycles. The SMILES string of the molecule is CN(C1CC1)S(=O)(=O)c1ccc(CCl)cc1. The number of sulfonamides is 1. The second kappa shape index (κ2) is 4.35. The minimum absolute atomic E-state index is 0.192. The predicted octanol–water partition coefficient (Wildman–Crippen LogP) is 2.21. The molecule has 1 aromatic rings. The third-order valence-electron chi connectivity index (χ3n) is 2.82. The van der Waals surface area contributed by atoms with Crippen molar-refractivity contribution >= 4 is 21.6 Å². The van der Waals surface area contributed by atoms with Crippen molar-refractivity contribution in [3.63, 3.8) is 0 Å². The van der Waals surface area contributed by atoms with Crippen LogP contribution in [0.2, 0.25) is 0 Å². The summed E-state index contributed by atoms with van der Waals surface area (Å²) >= 11 is 5.66. The van der Waals surface area contributed by atoms with Gasteiger partial charge in [0.1, 0.15) is 0 Å². The summed E-state index contributed by atoms with van der Waals surface area (Å²) in [6.07, 6.45) is 1.94. The number of nitrogens with zero attached hydrogens (tertiary/aromatic N) is 1. The highest BCUT2D eigenvalue weighted by molar-refractivity contribution is 7.89. The maximum Gasteiger partial charge on any atom is 0.243 e. The molecule has 0 bridgehead atoms. The zero-order valence-electron chi connectivity index (χ0n) is 9.06. The molecule has 1 aromatic carbocycles. The van der Waals surface area contributed by atoms with E-state index >= 15 is 0 Å². The van der Waals surface area contributed by atoms with Gasteiger partial charge in [-0.15, -0.1) is 11.6 Å². The minimum Gasteiger partial charge on any atom is -0.207 e. The lowest BCUT2D eigenvalue weighted by Gasteiger charge is -2.16. The van der Waals surface area contributed by atoms with E-state index in [0.717, 1.165) is 18.4 Å². The van der Waals surface area contributed by atoms with Gasteiger partial charge >= 0.3 is 0 Å². The topological polar surface area (TPSA) is 37.4 Å². The number of alkyl halides is 1. The van der Waals surface area contributed by atoms with Crippen LogP contribution in [0.3, 0.4) is 0 Å². The molecule has 5 heteroatoms. The standard InChI is InChI=1S/C11H14ClNO2S/c1-13(10-4-5-10)16(14,15)11-6-2-9(8-12)3-7-11/h2-3,6-7,10H,4-5,8H2,1H3. The first-order chi connectivity index (χ1) is 7.55. The van der Waals surface area contributed by atoms with Crippen LogP contribution in [0.4, 0.5) is 0 Å². The normalized spacial score (nSPS) is 16.7. The fourth-order valence-corrected chi connectivity index (χ4v) is 3.15. The Morgan fingerprint density at radius 3 is 2.31 bits per heavy atom. The van der Waals surface area contributed by atoms with Crippen LogP contribution < -0.4 is 0 Å². The minimum atomic E-state index is -3.31. The first-order valence-electron chi connectivity index (χ1n) is 5.18. The van der Waals surface area contributed by atoms with Gasteiger partial charge < -0.3 is 0 Å². The fraction of sp³-hybridized carbons (Fsp3) is 0.455. The van der Waals surface area contributed by atoms with Crippen LogP contribution in [0.15, 0.2) is 29.2 Å². The average Bonchev–Trinajstić information content (AvgIpc) is 3.12. The number of benzene rings is 1. The van der Waals surface area contributed by atoms with Gasteiger partial charge in [-0.25, -0.2) is 8.42 Å². The molecule has 16 heavy (non-hydrogen) atoms. The Bertz CT molecular complexity index is 465. The highest BCUT2D eigenvalue weighted by Crippen LogP contribution is 2.30. The molecule has 1 saturated carbocycles. The molecule has 0 aromatic heterocycles. The Morgan fingerprint density at radius 1 is 1.31 bits per heavy atom. The van der Waals surface area contributed by atoms with Crippen molar-refractivity contribution in [1.82, 2.24) is 4.31 Å². The van der Waals surface area contributed by atoms with E-state index in [-0.39, 0.29) is 6.04 Å². The van der Waals surface area contributed by atoms with Crippen molar-refractivity contribution in [3.05, 3.63) is 29.8 Å². The lowest BCUT2D eigenvalue weighted by Crippen LogP contribution is -2.28. The van der Waals surface area contributed by atoms with Gasteiger partial charge in [0.2, 0.25) is 10.0 Å². The Labute approximate surface area is 101 Å². The molecule has 1 fully saturated rings. The Morgan fingerprint density at radius 2 is 1.88 bits per heavy atom. The maximum atomic E-state index is 12.1. The number of hydrogen-bond acceptors (Lipinski definition) is 2. The van der Waals surface area contributed by atoms with Gasteiger partial charge in [0.25, 0.3) is 0 Å². The third kappa shape index (κ3) is 2.24. The van der Waals surface area contributed by atoms with E-state index in [1.165, 1.54) is 4.31 Å². The van der Waals surface area contributed by atoms with E-state index in [2.05, 4.69) is 0 Å². The molecule has 0 unspecified atom stereocenters. The second-order valence-electron chi connectivity index (χ2n) is 4.03. The summed E-state index contributed by atoms with van der Waals surface area (Å²) in [7, 11) is -1.67. The quantitative estimate of drug-likeness (QED) is 0.778. The van der Waals surface area contributed by atoms with Crippen molar-refractivity contribution in [3.8, 4) is 0 Å². The van der Waals surface area contributed by atoms with Crippen molar-refractivity contribution in [2.45, 2.75) is 29.7 Å². The van der Waals surface area contributed by atoms with Crippen LogP contribution in [-0.2, 0) is 15.9 Å². The molecule has 3 nitrogen and oxygen atoms in total. The summed E-state index contributed by atoms with van der Waals surface area (Å²) in [4.78, 5) is 0.343. The van der Waals surface area contributed by atoms with Crippen molar-refractivity contribution in [2.75, 3.05) is 7.05 Å². The van der Waals surface area contributed by atoms with Gasteiger partial charge in [-0.3, -0.25) is 0 Å². The molecule has 0 spiro atoms. The zero-order valence-corrected chi connectivity index (χ0v) is 10.6. The van der Waals surface area contributed by atoms with Gasteiger partial charge in [0.05, 0.1) is 4.90 Å². The molecule has 0 amide bonds. The highest BCUT2D eigenvalue weighted by atomic mass is 35.5. The van der Waals surface area contributed by atoms with Crippen LogP contribution >= 0.6 is 11.6 Å². The smallest absolute Gasteiger partial charge is 0.207 e. The van der Waals surface area contributed by atoms with Crippen molar-refractivity contribution < 1.29 is 8.42 Å². The molecule has 0 heterocycles. The summed E-state index contributed by atoms with van der Waals surface area (Å²) in [5.41, 5.74) is 0.926. The monoisotopic (exact) mass is 259 g/mol. The first kappa shape index (κ1) is 11.9. The number of hydrogen-bond donors (Lipinski definition) is 0. The van der Waals surface area contributed by atoms with Gasteiger partial charge in [-0.05, 0) is 30.5 Å². The van der Waals surface area contributed by atoms with Gasteiger partial charge in [0, 0.05) is 19.0 Å². The summed E-state index contributed by atoms with van der Waals surface area (Å²) in [5, 5.41) is 0. The molecule has 0 N–H and O–H groups in total. The summed E-state index contributed by atoms with van der Waals surface area (Å²) in [5.74, 6) is 0.402. The van der Waals surface area contributed by atoms with E-state index in [0.29, 0.717) is 10.8 Å². The number of rotatable bonds is 4. The molecule has 0 atom stereocenters. The van der Waals surface area contributed by atoms with Crippen molar-refractivity contribution in [2.24, 2.45) is 0 Å². The second-order valence-corrected chi connectivity index (χ2v) is 6.29. The van der Waals surface area contributed by atoms with Gasteiger partial charge in [-0.2, -0.15) is 4.31 Å². The maximum absolute atomic E-state index is 12.1. The molecule has 0 saturated heterocycles. The average molecular weight is 260 g/mol.